The van der Waals surface area contributed by atoms with Crippen LogP contribution in [0.4, 0.5) is 23.2 Å². The lowest BCUT2D eigenvalue weighted by atomic mass is 10.1. The van der Waals surface area contributed by atoms with Crippen LogP contribution in [0, 0.1) is 5.82 Å². The Morgan fingerprint density at radius 2 is 1.77 bits per heavy atom. The van der Waals surface area contributed by atoms with E-state index in [1.54, 1.807) is 6.92 Å². The fourth-order valence-corrected chi connectivity index (χ4v) is 4.28. The fraction of sp³-hybridized carbons (Fsp3) is 0.364. The third kappa shape index (κ3) is 7.31. The molecule has 0 fully saturated rings. The second-order valence-corrected chi connectivity index (χ2v) is 9.93. The molecule has 35 heavy (non-hydrogen) atoms. The molecule has 2 rings (SSSR count). The molecule has 0 aliphatic rings. The molecule has 0 aliphatic heterocycles. The number of likely N-dealkylation sites (N-methyl/N-ethyl adjacent to an activating group) is 1. The van der Waals surface area contributed by atoms with Gasteiger partial charge < -0.3 is 10.2 Å². The Balaban J connectivity index is 2.49. The number of nitrogens with zero attached hydrogens (tertiary/aromatic N) is 2. The zero-order valence-electron chi connectivity index (χ0n) is 19.1. The average molecular weight is 538 g/mol. The molecule has 2 aromatic carbocycles. The van der Waals surface area contributed by atoms with Crippen LogP contribution in [0.1, 0.15) is 25.0 Å². The Morgan fingerprint density at radius 1 is 1.14 bits per heavy atom. The van der Waals surface area contributed by atoms with Crippen LogP contribution in [0.2, 0.25) is 5.02 Å². The number of carbonyl (C=O) groups is 2. The van der Waals surface area contributed by atoms with Crippen molar-refractivity contribution in [2.45, 2.75) is 32.6 Å². The highest BCUT2D eigenvalue weighted by Gasteiger charge is 2.35. The van der Waals surface area contributed by atoms with Crippen molar-refractivity contribution in [1.82, 2.24) is 10.2 Å². The maximum absolute atomic E-state index is 14.3. The fourth-order valence-electron chi connectivity index (χ4n) is 3.21. The summed E-state index contributed by atoms with van der Waals surface area (Å²) in [7, 11) is -4.26. The third-order valence-corrected chi connectivity index (χ3v) is 6.51. The number of halogens is 5. The number of benzene rings is 2. The predicted octanol–water partition coefficient (Wildman–Crippen LogP) is 3.82. The molecule has 2 amide bonds. The summed E-state index contributed by atoms with van der Waals surface area (Å²) < 4.78 is 79.6. The zero-order chi connectivity index (χ0) is 26.6. The summed E-state index contributed by atoms with van der Waals surface area (Å²) in [5, 5.41) is 1.88. The Morgan fingerprint density at radius 3 is 2.31 bits per heavy atom. The van der Waals surface area contributed by atoms with E-state index in [9.17, 15) is 35.6 Å². The SMILES string of the molecule is CCNC(=O)[C@H](C)N(Cc1ccccc1F)C(=O)CN(c1ccc(Cl)c(C(F)(F)F)c1)S(C)(=O)=O. The summed E-state index contributed by atoms with van der Waals surface area (Å²) in [6.07, 6.45) is -4.15. The minimum atomic E-state index is -4.87. The molecule has 13 heteroatoms. The van der Waals surface area contributed by atoms with E-state index in [2.05, 4.69) is 5.32 Å². The first-order valence-electron chi connectivity index (χ1n) is 10.3. The van der Waals surface area contributed by atoms with E-state index in [0.717, 1.165) is 29.4 Å². The summed E-state index contributed by atoms with van der Waals surface area (Å²) >= 11 is 5.62. The van der Waals surface area contributed by atoms with Gasteiger partial charge in [-0.2, -0.15) is 13.2 Å². The number of hydrogen-bond donors (Lipinski definition) is 1. The van der Waals surface area contributed by atoms with Gasteiger partial charge >= 0.3 is 6.18 Å². The number of alkyl halides is 3. The summed E-state index contributed by atoms with van der Waals surface area (Å²) in [4.78, 5) is 26.7. The van der Waals surface area contributed by atoms with Crippen molar-refractivity contribution in [3.8, 4) is 0 Å². The van der Waals surface area contributed by atoms with Crippen molar-refractivity contribution < 1.29 is 35.6 Å². The van der Waals surface area contributed by atoms with Gasteiger partial charge in [-0.05, 0) is 38.1 Å². The molecular formula is C22H24ClF4N3O4S. The van der Waals surface area contributed by atoms with Crippen molar-refractivity contribution in [2.75, 3.05) is 23.7 Å². The lowest BCUT2D eigenvalue weighted by molar-refractivity contribution is -0.139. The van der Waals surface area contributed by atoms with Gasteiger partial charge in [-0.15, -0.1) is 0 Å². The van der Waals surface area contributed by atoms with Gasteiger partial charge in [0.05, 0.1) is 22.5 Å². The molecule has 0 aromatic heterocycles. The Hall–Kier alpha value is -2.86. The molecule has 0 radical (unpaired) electrons. The van der Waals surface area contributed by atoms with Crippen LogP contribution in [0.15, 0.2) is 42.5 Å². The lowest BCUT2D eigenvalue weighted by Crippen LogP contribution is -2.51. The van der Waals surface area contributed by atoms with Gasteiger partial charge in [-0.1, -0.05) is 29.8 Å². The standard InChI is InChI=1S/C22H24ClF4N3O4S/c1-4-28-21(32)14(2)29(12-15-7-5-6-8-19(15)24)20(31)13-30(35(3,33)34)16-9-10-18(23)17(11-16)22(25,26)27/h5-11,14H,4,12-13H2,1-3H3,(H,28,32)/t14-/m0/s1. The molecule has 0 unspecified atom stereocenters. The van der Waals surface area contributed by atoms with Gasteiger partial charge in [-0.3, -0.25) is 13.9 Å². The highest BCUT2D eigenvalue weighted by Crippen LogP contribution is 2.37. The molecule has 1 atom stereocenters. The first kappa shape index (κ1) is 28.4. The number of sulfonamides is 1. The quantitative estimate of drug-likeness (QED) is 0.493. The van der Waals surface area contributed by atoms with E-state index in [1.807, 2.05) is 0 Å². The summed E-state index contributed by atoms with van der Waals surface area (Å²) in [6.45, 7) is 1.95. The maximum atomic E-state index is 14.3. The highest BCUT2D eigenvalue weighted by molar-refractivity contribution is 7.92. The Labute approximate surface area is 205 Å². The monoisotopic (exact) mass is 537 g/mol. The molecule has 0 aliphatic carbocycles. The van der Waals surface area contributed by atoms with E-state index < -0.39 is 62.7 Å². The van der Waals surface area contributed by atoms with Gasteiger partial charge in [-0.25, -0.2) is 12.8 Å². The van der Waals surface area contributed by atoms with Crippen LogP contribution < -0.4 is 9.62 Å². The van der Waals surface area contributed by atoms with Crippen molar-refractivity contribution in [3.05, 3.63) is 64.4 Å². The van der Waals surface area contributed by atoms with Crippen LogP contribution in [-0.4, -0.2) is 50.5 Å². The number of nitrogens with one attached hydrogen (secondary N) is 1. The molecule has 0 bridgehead atoms. The van der Waals surface area contributed by atoms with Gasteiger partial charge in [0.25, 0.3) is 0 Å². The van der Waals surface area contributed by atoms with Gasteiger partial charge in [0, 0.05) is 18.7 Å². The zero-order valence-corrected chi connectivity index (χ0v) is 20.6. The maximum Gasteiger partial charge on any atom is 0.417 e. The van der Waals surface area contributed by atoms with Crippen LogP contribution in [0.25, 0.3) is 0 Å². The molecule has 0 saturated heterocycles. The minimum absolute atomic E-state index is 0.0637. The van der Waals surface area contributed by atoms with E-state index in [-0.39, 0.29) is 18.7 Å². The minimum Gasteiger partial charge on any atom is -0.355 e. The number of anilines is 1. The Kier molecular flexibility index (Phi) is 9.12. The smallest absolute Gasteiger partial charge is 0.355 e. The molecule has 7 nitrogen and oxygen atoms in total. The lowest BCUT2D eigenvalue weighted by Gasteiger charge is -2.31. The molecule has 192 valence electrons. The first-order chi connectivity index (χ1) is 16.2. The van der Waals surface area contributed by atoms with E-state index >= 15 is 0 Å². The largest absolute Gasteiger partial charge is 0.417 e. The number of amides is 2. The predicted molar refractivity (Wildman–Crippen MR) is 124 cm³/mol. The van der Waals surface area contributed by atoms with E-state index in [1.165, 1.54) is 25.1 Å². The second-order valence-electron chi connectivity index (χ2n) is 7.62. The molecular weight excluding hydrogens is 514 g/mol. The van der Waals surface area contributed by atoms with Crippen LogP contribution in [0.3, 0.4) is 0 Å². The van der Waals surface area contributed by atoms with Crippen LogP contribution >= 0.6 is 11.6 Å². The van der Waals surface area contributed by atoms with Crippen molar-refractivity contribution in [1.29, 1.82) is 0 Å². The highest BCUT2D eigenvalue weighted by atomic mass is 35.5. The summed E-state index contributed by atoms with van der Waals surface area (Å²) in [6, 6.07) is 6.78. The van der Waals surface area contributed by atoms with Crippen molar-refractivity contribution >= 4 is 39.1 Å². The molecule has 0 heterocycles. The van der Waals surface area contributed by atoms with Crippen molar-refractivity contribution in [2.24, 2.45) is 0 Å². The van der Waals surface area contributed by atoms with Crippen LogP contribution in [0.5, 0.6) is 0 Å². The first-order valence-corrected chi connectivity index (χ1v) is 12.5. The van der Waals surface area contributed by atoms with E-state index in [0.29, 0.717) is 10.4 Å². The Bertz CT molecular complexity index is 1190. The topological polar surface area (TPSA) is 86.8 Å². The molecule has 2 aromatic rings. The molecule has 1 N–H and O–H groups in total. The number of carbonyl (C=O) groups excluding carboxylic acids is 2. The average Bonchev–Trinajstić information content (AvgIpc) is 2.75. The summed E-state index contributed by atoms with van der Waals surface area (Å²) in [5.74, 6) is -2.16. The normalized spacial score (nSPS) is 12.7. The second kappa shape index (κ2) is 11.3. The number of hydrogen-bond acceptors (Lipinski definition) is 4. The number of rotatable bonds is 9. The van der Waals surface area contributed by atoms with E-state index in [4.69, 9.17) is 11.6 Å². The van der Waals surface area contributed by atoms with Gasteiger partial charge in [0.15, 0.2) is 0 Å². The van der Waals surface area contributed by atoms with Gasteiger partial charge in [0.2, 0.25) is 21.8 Å². The van der Waals surface area contributed by atoms with Crippen molar-refractivity contribution in [3.63, 3.8) is 0 Å². The van der Waals surface area contributed by atoms with Gasteiger partial charge in [0.1, 0.15) is 18.4 Å². The molecule has 0 spiro atoms. The summed E-state index contributed by atoms with van der Waals surface area (Å²) in [5.41, 5.74) is -1.67. The van der Waals surface area contributed by atoms with Crippen LogP contribution in [-0.2, 0) is 32.3 Å². The third-order valence-electron chi connectivity index (χ3n) is 5.04. The molecule has 0 saturated carbocycles.